The van der Waals surface area contributed by atoms with E-state index in [4.69, 9.17) is 0 Å². The summed E-state index contributed by atoms with van der Waals surface area (Å²) in [4.78, 5) is 11.8. The van der Waals surface area contributed by atoms with E-state index >= 15 is 0 Å². The number of carbonyl (C=O) groups excluding carboxylic acids is 1. The Morgan fingerprint density at radius 3 is 3.00 bits per heavy atom. The van der Waals surface area contributed by atoms with Gasteiger partial charge in [0.2, 0.25) is 0 Å². The van der Waals surface area contributed by atoms with Crippen LogP contribution in [0.15, 0.2) is 24.3 Å². The summed E-state index contributed by atoms with van der Waals surface area (Å²) in [5.74, 6) is 0.263. The van der Waals surface area contributed by atoms with Gasteiger partial charge in [0.25, 0.3) is 0 Å². The Kier molecular flexibility index (Phi) is 6.02. The lowest BCUT2D eigenvalue weighted by Crippen LogP contribution is -2.24. The summed E-state index contributed by atoms with van der Waals surface area (Å²) in [6.07, 6.45) is 10.9. The van der Waals surface area contributed by atoms with Crippen molar-refractivity contribution >= 4 is 5.78 Å². The number of carbonyl (C=O) groups is 1. The van der Waals surface area contributed by atoms with Gasteiger partial charge < -0.3 is 5.32 Å². The number of ketones is 1. The van der Waals surface area contributed by atoms with Gasteiger partial charge in [-0.3, -0.25) is 4.79 Å². The SMILES string of the molecule is C=CCNCC(=O)/C1=C/CCCCCC1. The molecule has 1 aliphatic rings. The maximum Gasteiger partial charge on any atom is 0.172 e. The lowest BCUT2D eigenvalue weighted by atomic mass is 9.97. The Balaban J connectivity index is 2.37. The molecule has 84 valence electrons. The van der Waals surface area contributed by atoms with Crippen molar-refractivity contribution in [2.45, 2.75) is 38.5 Å². The average molecular weight is 207 g/mol. The Labute approximate surface area is 92.4 Å². The van der Waals surface area contributed by atoms with Crippen LogP contribution in [0.25, 0.3) is 0 Å². The molecule has 0 spiro atoms. The van der Waals surface area contributed by atoms with Crippen LogP contribution in [0.5, 0.6) is 0 Å². The third-order valence-corrected chi connectivity index (χ3v) is 2.72. The molecule has 1 N–H and O–H groups in total. The van der Waals surface area contributed by atoms with Crippen molar-refractivity contribution in [3.05, 3.63) is 24.3 Å². The molecule has 0 aliphatic heterocycles. The molecule has 0 aromatic carbocycles. The van der Waals surface area contributed by atoms with Crippen LogP contribution in [0.1, 0.15) is 38.5 Å². The van der Waals surface area contributed by atoms with Gasteiger partial charge in [-0.25, -0.2) is 0 Å². The van der Waals surface area contributed by atoms with E-state index in [-0.39, 0.29) is 5.78 Å². The van der Waals surface area contributed by atoms with E-state index in [1.165, 1.54) is 25.7 Å². The molecule has 1 rings (SSSR count). The summed E-state index contributed by atoms with van der Waals surface area (Å²) in [6, 6.07) is 0. The van der Waals surface area contributed by atoms with Gasteiger partial charge in [-0.1, -0.05) is 25.0 Å². The molecule has 15 heavy (non-hydrogen) atoms. The molecule has 2 nitrogen and oxygen atoms in total. The van der Waals surface area contributed by atoms with Crippen molar-refractivity contribution in [2.75, 3.05) is 13.1 Å². The van der Waals surface area contributed by atoms with Crippen LogP contribution in [0, 0.1) is 0 Å². The second-order valence-corrected chi connectivity index (χ2v) is 4.03. The first-order chi connectivity index (χ1) is 7.34. The molecule has 0 aromatic heterocycles. The molecule has 0 atom stereocenters. The second-order valence-electron chi connectivity index (χ2n) is 4.03. The molecule has 0 amide bonds. The molecular weight excluding hydrogens is 186 g/mol. The summed E-state index contributed by atoms with van der Waals surface area (Å²) < 4.78 is 0. The second kappa shape index (κ2) is 7.41. The van der Waals surface area contributed by atoms with Gasteiger partial charge >= 0.3 is 0 Å². The highest BCUT2D eigenvalue weighted by atomic mass is 16.1. The predicted octanol–water partition coefficient (Wildman–Crippen LogP) is 2.61. The predicted molar refractivity (Wildman–Crippen MR) is 63.9 cm³/mol. The third-order valence-electron chi connectivity index (χ3n) is 2.72. The Bertz CT molecular complexity index is 243. The van der Waals surface area contributed by atoms with Crippen LogP contribution in [0.3, 0.4) is 0 Å². The van der Waals surface area contributed by atoms with Gasteiger partial charge in [0.05, 0.1) is 6.54 Å². The monoisotopic (exact) mass is 207 g/mol. The molecule has 0 heterocycles. The smallest absolute Gasteiger partial charge is 0.172 e. The standard InChI is InChI=1S/C13H21NO/c1-2-10-14-11-13(15)12-8-6-4-3-5-7-9-12/h2,8,14H,1,3-7,9-11H2/b12-8+. The summed E-state index contributed by atoms with van der Waals surface area (Å²) >= 11 is 0. The van der Waals surface area contributed by atoms with Crippen molar-refractivity contribution in [3.8, 4) is 0 Å². The van der Waals surface area contributed by atoms with Crippen LogP contribution in [0.4, 0.5) is 0 Å². The van der Waals surface area contributed by atoms with Crippen LogP contribution in [-0.4, -0.2) is 18.9 Å². The van der Waals surface area contributed by atoms with Gasteiger partial charge in [0, 0.05) is 6.54 Å². The number of rotatable bonds is 5. The zero-order valence-corrected chi connectivity index (χ0v) is 9.43. The summed E-state index contributed by atoms with van der Waals surface area (Å²) in [7, 11) is 0. The number of hydrogen-bond acceptors (Lipinski definition) is 2. The zero-order valence-electron chi connectivity index (χ0n) is 9.43. The molecule has 2 heteroatoms. The number of Topliss-reactive ketones (excluding diaryl/α,β-unsaturated/α-hetero) is 1. The summed E-state index contributed by atoms with van der Waals surface area (Å²) in [5.41, 5.74) is 1.03. The molecule has 0 bridgehead atoms. The highest BCUT2D eigenvalue weighted by Crippen LogP contribution is 2.17. The minimum atomic E-state index is 0.263. The fourth-order valence-electron chi connectivity index (χ4n) is 1.85. The molecule has 0 saturated heterocycles. The van der Waals surface area contributed by atoms with Gasteiger partial charge in [0.15, 0.2) is 5.78 Å². The normalized spacial score (nSPS) is 20.9. The molecule has 0 aromatic rings. The van der Waals surface area contributed by atoms with E-state index in [1.54, 1.807) is 6.08 Å². The largest absolute Gasteiger partial charge is 0.306 e. The quantitative estimate of drug-likeness (QED) is 0.554. The first-order valence-corrected chi connectivity index (χ1v) is 5.88. The molecule has 0 fully saturated rings. The van der Waals surface area contributed by atoms with E-state index in [9.17, 15) is 4.79 Å². The Morgan fingerprint density at radius 2 is 2.20 bits per heavy atom. The van der Waals surface area contributed by atoms with Crippen molar-refractivity contribution in [1.29, 1.82) is 0 Å². The lowest BCUT2D eigenvalue weighted by molar-refractivity contribution is -0.114. The van der Waals surface area contributed by atoms with E-state index in [0.717, 1.165) is 18.4 Å². The maximum atomic E-state index is 11.8. The van der Waals surface area contributed by atoms with Gasteiger partial charge in [0.1, 0.15) is 0 Å². The number of nitrogens with one attached hydrogen (secondary N) is 1. The van der Waals surface area contributed by atoms with E-state index in [1.807, 2.05) is 0 Å². The van der Waals surface area contributed by atoms with E-state index in [0.29, 0.717) is 13.1 Å². The third kappa shape index (κ3) is 4.93. The fourth-order valence-corrected chi connectivity index (χ4v) is 1.85. The molecule has 0 unspecified atom stereocenters. The first kappa shape index (κ1) is 12.2. The van der Waals surface area contributed by atoms with E-state index < -0.39 is 0 Å². The first-order valence-electron chi connectivity index (χ1n) is 5.88. The topological polar surface area (TPSA) is 29.1 Å². The van der Waals surface area contributed by atoms with Crippen LogP contribution in [0.2, 0.25) is 0 Å². The molecule has 0 saturated carbocycles. The highest BCUT2D eigenvalue weighted by Gasteiger charge is 2.09. The van der Waals surface area contributed by atoms with Crippen molar-refractivity contribution in [1.82, 2.24) is 5.32 Å². The minimum Gasteiger partial charge on any atom is -0.306 e. The molecular formula is C13H21NO. The summed E-state index contributed by atoms with van der Waals surface area (Å²) in [6.45, 7) is 4.77. The van der Waals surface area contributed by atoms with Crippen LogP contribution >= 0.6 is 0 Å². The lowest BCUT2D eigenvalue weighted by Gasteiger charge is -2.10. The maximum absolute atomic E-state index is 11.8. The summed E-state index contributed by atoms with van der Waals surface area (Å²) in [5, 5.41) is 3.06. The molecule has 1 aliphatic carbocycles. The van der Waals surface area contributed by atoms with Gasteiger partial charge in [-0.05, 0) is 31.3 Å². The van der Waals surface area contributed by atoms with Crippen LogP contribution in [-0.2, 0) is 4.79 Å². The fraction of sp³-hybridized carbons (Fsp3) is 0.615. The molecule has 0 radical (unpaired) electrons. The number of hydrogen-bond donors (Lipinski definition) is 1. The highest BCUT2D eigenvalue weighted by molar-refractivity contribution is 5.96. The van der Waals surface area contributed by atoms with Crippen LogP contribution < -0.4 is 5.32 Å². The van der Waals surface area contributed by atoms with Gasteiger partial charge in [-0.2, -0.15) is 0 Å². The zero-order chi connectivity index (χ0) is 10.9. The Hall–Kier alpha value is -0.890. The van der Waals surface area contributed by atoms with Crippen molar-refractivity contribution < 1.29 is 4.79 Å². The number of allylic oxidation sites excluding steroid dienone is 1. The Morgan fingerprint density at radius 1 is 1.40 bits per heavy atom. The minimum absolute atomic E-state index is 0.263. The van der Waals surface area contributed by atoms with Crippen molar-refractivity contribution in [3.63, 3.8) is 0 Å². The van der Waals surface area contributed by atoms with Gasteiger partial charge in [-0.15, -0.1) is 6.58 Å². The van der Waals surface area contributed by atoms with Crippen molar-refractivity contribution in [2.24, 2.45) is 0 Å². The average Bonchev–Trinajstić information content (AvgIpc) is 2.17. The van der Waals surface area contributed by atoms with E-state index in [2.05, 4.69) is 18.0 Å².